The Balaban J connectivity index is 1.55. The number of nitrogens with zero attached hydrogens (tertiary/aromatic N) is 4. The first kappa shape index (κ1) is 16.3. The van der Waals surface area contributed by atoms with Gasteiger partial charge in [-0.3, -0.25) is 4.79 Å². The molecule has 0 saturated carbocycles. The van der Waals surface area contributed by atoms with Crippen molar-refractivity contribution in [2.24, 2.45) is 0 Å². The number of hydrogen-bond acceptors (Lipinski definition) is 5. The Morgan fingerprint density at radius 3 is 2.76 bits per heavy atom. The van der Waals surface area contributed by atoms with E-state index in [0.717, 1.165) is 30.8 Å². The molecule has 0 radical (unpaired) electrons. The number of carbonyl (C=O) groups excluding carboxylic acids is 1. The molecule has 2 aliphatic heterocycles. The number of anilines is 1. The maximum atomic E-state index is 12.8. The number of halogens is 1. The second kappa shape index (κ2) is 6.98. The Labute approximate surface area is 151 Å². The van der Waals surface area contributed by atoms with Crippen molar-refractivity contribution in [2.45, 2.75) is 13.0 Å². The summed E-state index contributed by atoms with van der Waals surface area (Å²) in [5.41, 5.74) is 2.57. The fourth-order valence-corrected chi connectivity index (χ4v) is 3.40. The first-order valence-corrected chi connectivity index (χ1v) is 8.81. The SMILES string of the molecule is O=C(c1ccccc1Cl)N1CCc2cnc(N3CCOCC3)nc2C1. The summed E-state index contributed by atoms with van der Waals surface area (Å²) in [5, 5.41) is 0.481. The van der Waals surface area contributed by atoms with Crippen LogP contribution in [-0.4, -0.2) is 53.6 Å². The lowest BCUT2D eigenvalue weighted by Crippen LogP contribution is -2.39. The zero-order chi connectivity index (χ0) is 17.2. The van der Waals surface area contributed by atoms with Crippen LogP contribution in [0, 0.1) is 0 Å². The Kier molecular flexibility index (Phi) is 4.55. The van der Waals surface area contributed by atoms with Crippen LogP contribution in [0.4, 0.5) is 5.95 Å². The molecular formula is C18H19ClN4O2. The lowest BCUT2D eigenvalue weighted by molar-refractivity contribution is 0.0732. The number of benzene rings is 1. The van der Waals surface area contributed by atoms with Gasteiger partial charge in [0.25, 0.3) is 5.91 Å². The predicted molar refractivity (Wildman–Crippen MR) is 95.0 cm³/mol. The van der Waals surface area contributed by atoms with Crippen molar-refractivity contribution in [3.05, 3.63) is 52.3 Å². The molecule has 3 heterocycles. The van der Waals surface area contributed by atoms with E-state index >= 15 is 0 Å². The van der Waals surface area contributed by atoms with E-state index in [0.29, 0.717) is 42.8 Å². The molecule has 0 bridgehead atoms. The van der Waals surface area contributed by atoms with Crippen LogP contribution in [0.15, 0.2) is 30.5 Å². The minimum Gasteiger partial charge on any atom is -0.378 e. The maximum absolute atomic E-state index is 12.8. The number of aromatic nitrogens is 2. The predicted octanol–water partition coefficient (Wildman–Crippen LogP) is 2.17. The molecule has 25 heavy (non-hydrogen) atoms. The van der Waals surface area contributed by atoms with E-state index in [2.05, 4.69) is 9.88 Å². The molecule has 1 aromatic carbocycles. The summed E-state index contributed by atoms with van der Waals surface area (Å²) in [6, 6.07) is 7.16. The Bertz CT molecular complexity index is 792. The second-order valence-electron chi connectivity index (χ2n) is 6.20. The third-order valence-electron chi connectivity index (χ3n) is 4.62. The number of amides is 1. The van der Waals surface area contributed by atoms with Gasteiger partial charge in [-0.2, -0.15) is 0 Å². The summed E-state index contributed by atoms with van der Waals surface area (Å²) >= 11 is 6.17. The van der Waals surface area contributed by atoms with Crippen LogP contribution in [0.25, 0.3) is 0 Å². The van der Waals surface area contributed by atoms with Crippen LogP contribution < -0.4 is 4.90 Å². The largest absolute Gasteiger partial charge is 0.378 e. The lowest BCUT2D eigenvalue weighted by Gasteiger charge is -2.31. The molecule has 0 N–H and O–H groups in total. The van der Waals surface area contributed by atoms with E-state index in [4.69, 9.17) is 21.3 Å². The summed E-state index contributed by atoms with van der Waals surface area (Å²) in [6.07, 6.45) is 2.65. The highest BCUT2D eigenvalue weighted by atomic mass is 35.5. The Hall–Kier alpha value is -2.18. The Morgan fingerprint density at radius 1 is 1.16 bits per heavy atom. The van der Waals surface area contributed by atoms with Crippen LogP contribution >= 0.6 is 11.6 Å². The maximum Gasteiger partial charge on any atom is 0.255 e. The van der Waals surface area contributed by atoms with Crippen molar-refractivity contribution in [1.82, 2.24) is 14.9 Å². The van der Waals surface area contributed by atoms with E-state index in [1.54, 1.807) is 17.0 Å². The van der Waals surface area contributed by atoms with E-state index in [1.807, 2.05) is 18.3 Å². The smallest absolute Gasteiger partial charge is 0.255 e. The highest BCUT2D eigenvalue weighted by Gasteiger charge is 2.25. The highest BCUT2D eigenvalue weighted by Crippen LogP contribution is 2.23. The summed E-state index contributed by atoms with van der Waals surface area (Å²) in [7, 11) is 0. The van der Waals surface area contributed by atoms with E-state index in [9.17, 15) is 4.79 Å². The third kappa shape index (κ3) is 3.32. The highest BCUT2D eigenvalue weighted by molar-refractivity contribution is 6.33. The molecule has 7 heteroatoms. The van der Waals surface area contributed by atoms with Crippen molar-refractivity contribution in [2.75, 3.05) is 37.7 Å². The topological polar surface area (TPSA) is 58.6 Å². The van der Waals surface area contributed by atoms with Gasteiger partial charge in [-0.05, 0) is 24.1 Å². The van der Waals surface area contributed by atoms with Gasteiger partial charge in [0.2, 0.25) is 5.95 Å². The minimum atomic E-state index is -0.0530. The number of fused-ring (bicyclic) bond motifs is 1. The van der Waals surface area contributed by atoms with Gasteiger partial charge in [-0.15, -0.1) is 0 Å². The number of ether oxygens (including phenoxy) is 1. The van der Waals surface area contributed by atoms with Gasteiger partial charge in [0.15, 0.2) is 0 Å². The van der Waals surface area contributed by atoms with Crippen LogP contribution in [0.1, 0.15) is 21.6 Å². The minimum absolute atomic E-state index is 0.0530. The molecule has 1 saturated heterocycles. The monoisotopic (exact) mass is 358 g/mol. The third-order valence-corrected chi connectivity index (χ3v) is 4.95. The van der Waals surface area contributed by atoms with Crippen LogP contribution in [0.5, 0.6) is 0 Å². The zero-order valence-electron chi connectivity index (χ0n) is 13.8. The zero-order valence-corrected chi connectivity index (χ0v) is 14.6. The second-order valence-corrected chi connectivity index (χ2v) is 6.61. The average Bonchev–Trinajstić information content (AvgIpc) is 2.67. The van der Waals surface area contributed by atoms with Gasteiger partial charge in [-0.1, -0.05) is 23.7 Å². The van der Waals surface area contributed by atoms with Gasteiger partial charge in [-0.25, -0.2) is 9.97 Å². The van der Waals surface area contributed by atoms with Gasteiger partial charge in [0.1, 0.15) is 0 Å². The molecule has 0 aliphatic carbocycles. The number of morpholine rings is 1. The average molecular weight is 359 g/mol. The first-order valence-electron chi connectivity index (χ1n) is 8.43. The van der Waals surface area contributed by atoms with E-state index in [1.165, 1.54) is 0 Å². The number of rotatable bonds is 2. The molecule has 1 aromatic heterocycles. The molecule has 0 spiro atoms. The van der Waals surface area contributed by atoms with Crippen LogP contribution in [-0.2, 0) is 17.7 Å². The fraction of sp³-hybridized carbons (Fsp3) is 0.389. The first-order chi connectivity index (χ1) is 12.2. The number of hydrogen-bond donors (Lipinski definition) is 0. The normalized spacial score (nSPS) is 17.3. The molecule has 2 aromatic rings. The van der Waals surface area contributed by atoms with Crippen LogP contribution in [0.2, 0.25) is 5.02 Å². The number of carbonyl (C=O) groups is 1. The van der Waals surface area contributed by atoms with Crippen LogP contribution in [0.3, 0.4) is 0 Å². The lowest BCUT2D eigenvalue weighted by atomic mass is 10.1. The summed E-state index contributed by atoms with van der Waals surface area (Å²) in [4.78, 5) is 25.9. The molecule has 4 rings (SSSR count). The van der Waals surface area contributed by atoms with Gasteiger partial charge < -0.3 is 14.5 Å². The molecule has 6 nitrogen and oxygen atoms in total. The van der Waals surface area contributed by atoms with E-state index < -0.39 is 0 Å². The summed E-state index contributed by atoms with van der Waals surface area (Å²) in [6.45, 7) is 4.10. The molecule has 1 fully saturated rings. The molecule has 2 aliphatic rings. The van der Waals surface area contributed by atoms with Crippen molar-refractivity contribution >= 4 is 23.5 Å². The molecule has 130 valence electrons. The quantitative estimate of drug-likeness (QED) is 0.823. The molecule has 0 unspecified atom stereocenters. The van der Waals surface area contributed by atoms with Crippen molar-refractivity contribution in [1.29, 1.82) is 0 Å². The molecule has 1 amide bonds. The van der Waals surface area contributed by atoms with Crippen molar-refractivity contribution in [3.63, 3.8) is 0 Å². The summed E-state index contributed by atoms with van der Waals surface area (Å²) < 4.78 is 5.38. The Morgan fingerprint density at radius 2 is 1.96 bits per heavy atom. The fourth-order valence-electron chi connectivity index (χ4n) is 3.19. The van der Waals surface area contributed by atoms with Gasteiger partial charge in [0, 0.05) is 25.8 Å². The van der Waals surface area contributed by atoms with Gasteiger partial charge in [0.05, 0.1) is 36.0 Å². The van der Waals surface area contributed by atoms with Gasteiger partial charge >= 0.3 is 0 Å². The molecular weight excluding hydrogens is 340 g/mol. The van der Waals surface area contributed by atoms with Crippen molar-refractivity contribution < 1.29 is 9.53 Å². The van der Waals surface area contributed by atoms with Crippen molar-refractivity contribution in [3.8, 4) is 0 Å². The standard InChI is InChI=1S/C18H19ClN4O2/c19-15-4-2-1-3-14(15)17(24)23-6-5-13-11-20-18(21-16(13)12-23)22-7-9-25-10-8-22/h1-4,11H,5-10,12H2. The van der Waals surface area contributed by atoms with E-state index in [-0.39, 0.29) is 5.91 Å². The molecule has 0 atom stereocenters. The summed E-state index contributed by atoms with van der Waals surface area (Å²) in [5.74, 6) is 0.664.